The largest absolute Gasteiger partial charge is 0.244 e. The molecule has 0 fully saturated rings. The number of hydrogen-bond donors (Lipinski definition) is 0. The molecule has 2 aromatic carbocycles. The molecule has 1 aromatic heterocycles. The molecule has 0 saturated carbocycles. The van der Waals surface area contributed by atoms with Crippen molar-refractivity contribution >= 4 is 11.3 Å². The van der Waals surface area contributed by atoms with Crippen LogP contribution in [-0.4, -0.2) is 4.98 Å². The van der Waals surface area contributed by atoms with E-state index < -0.39 is 0 Å². The fourth-order valence-electron chi connectivity index (χ4n) is 2.26. The molecule has 0 saturated heterocycles. The lowest BCUT2D eigenvalue weighted by atomic mass is 9.86. The lowest BCUT2D eigenvalue weighted by molar-refractivity contribution is 0.590. The maximum Gasteiger partial charge on any atom is 0.123 e. The average molecular weight is 293 g/mol. The summed E-state index contributed by atoms with van der Waals surface area (Å²) in [6, 6.07) is 19.1. The molecule has 1 nitrogen and oxygen atoms in total. The summed E-state index contributed by atoms with van der Waals surface area (Å²) in [5, 5.41) is 1.08. The topological polar surface area (TPSA) is 12.9 Å². The van der Waals surface area contributed by atoms with E-state index in [1.807, 2.05) is 12.3 Å². The van der Waals surface area contributed by atoms with Crippen molar-refractivity contribution < 1.29 is 0 Å². The van der Waals surface area contributed by atoms with Crippen LogP contribution in [0.2, 0.25) is 0 Å². The van der Waals surface area contributed by atoms with E-state index >= 15 is 0 Å². The lowest BCUT2D eigenvalue weighted by Crippen LogP contribution is -2.10. The van der Waals surface area contributed by atoms with E-state index in [2.05, 4.69) is 74.3 Å². The Kier molecular flexibility index (Phi) is 3.64. The summed E-state index contributed by atoms with van der Waals surface area (Å²) >= 11 is 1.75. The zero-order valence-corrected chi connectivity index (χ0v) is 13.4. The van der Waals surface area contributed by atoms with Crippen LogP contribution >= 0.6 is 11.3 Å². The predicted octanol–water partition coefficient (Wildman–Crippen LogP) is 5.77. The Morgan fingerprint density at radius 2 is 1.57 bits per heavy atom. The molecule has 0 atom stereocenters. The van der Waals surface area contributed by atoms with Gasteiger partial charge in [-0.2, -0.15) is 0 Å². The summed E-state index contributed by atoms with van der Waals surface area (Å²) in [6.45, 7) is 6.72. The smallest absolute Gasteiger partial charge is 0.123 e. The Morgan fingerprint density at radius 3 is 2.29 bits per heavy atom. The Morgan fingerprint density at radius 1 is 0.857 bits per heavy atom. The molecule has 0 aliphatic rings. The predicted molar refractivity (Wildman–Crippen MR) is 91.7 cm³/mol. The monoisotopic (exact) mass is 293 g/mol. The third-order valence-electron chi connectivity index (χ3n) is 3.54. The van der Waals surface area contributed by atoms with Crippen LogP contribution in [0.5, 0.6) is 0 Å². The van der Waals surface area contributed by atoms with Gasteiger partial charge in [0.05, 0.1) is 4.88 Å². The quantitative estimate of drug-likeness (QED) is 0.584. The van der Waals surface area contributed by atoms with Gasteiger partial charge in [0.1, 0.15) is 5.01 Å². The van der Waals surface area contributed by atoms with Crippen molar-refractivity contribution in [2.24, 2.45) is 0 Å². The van der Waals surface area contributed by atoms with Crippen molar-refractivity contribution in [3.63, 3.8) is 0 Å². The van der Waals surface area contributed by atoms with Gasteiger partial charge >= 0.3 is 0 Å². The third-order valence-corrected chi connectivity index (χ3v) is 4.64. The minimum Gasteiger partial charge on any atom is -0.244 e. The molecular formula is C19H19NS. The summed E-state index contributed by atoms with van der Waals surface area (Å²) in [5.41, 5.74) is 3.94. The normalized spacial score (nSPS) is 11.6. The number of thiazole rings is 1. The van der Waals surface area contributed by atoms with Gasteiger partial charge in [0.15, 0.2) is 0 Å². The third kappa shape index (κ3) is 3.06. The zero-order valence-electron chi connectivity index (χ0n) is 12.6. The SMILES string of the molecule is CC(C)(C)c1cccc(-c2ncc(-c3ccccc3)s2)c1. The first kappa shape index (κ1) is 14.0. The molecule has 0 N–H and O–H groups in total. The minimum absolute atomic E-state index is 0.162. The van der Waals surface area contributed by atoms with Gasteiger partial charge < -0.3 is 0 Å². The standard InChI is InChI=1S/C19H19NS/c1-19(2,3)16-11-7-10-15(12-16)18-20-13-17(21-18)14-8-5-4-6-9-14/h4-13H,1-3H3. The van der Waals surface area contributed by atoms with Crippen LogP contribution in [0.3, 0.4) is 0 Å². The van der Waals surface area contributed by atoms with Gasteiger partial charge in [-0.1, -0.05) is 69.3 Å². The van der Waals surface area contributed by atoms with Gasteiger partial charge in [-0.05, 0) is 22.6 Å². The summed E-state index contributed by atoms with van der Waals surface area (Å²) < 4.78 is 0. The molecule has 2 heteroatoms. The molecule has 0 unspecified atom stereocenters. The second-order valence-electron chi connectivity index (χ2n) is 6.23. The summed E-state index contributed by atoms with van der Waals surface area (Å²) in [5.74, 6) is 0. The number of hydrogen-bond acceptors (Lipinski definition) is 2. The van der Waals surface area contributed by atoms with E-state index in [-0.39, 0.29) is 5.41 Å². The van der Waals surface area contributed by atoms with Crippen molar-refractivity contribution in [3.05, 3.63) is 66.4 Å². The van der Waals surface area contributed by atoms with Gasteiger partial charge in [0, 0.05) is 11.8 Å². The maximum absolute atomic E-state index is 4.60. The van der Waals surface area contributed by atoms with Gasteiger partial charge in [-0.15, -0.1) is 11.3 Å². The van der Waals surface area contributed by atoms with Crippen LogP contribution in [0.1, 0.15) is 26.3 Å². The highest BCUT2D eigenvalue weighted by atomic mass is 32.1. The Balaban J connectivity index is 1.97. The molecule has 0 radical (unpaired) electrons. The Labute approximate surface area is 130 Å². The molecule has 3 aromatic rings. The van der Waals surface area contributed by atoms with Crippen LogP contribution in [0, 0.1) is 0 Å². The van der Waals surface area contributed by atoms with Crippen LogP contribution in [-0.2, 0) is 5.41 Å². The molecule has 0 aliphatic heterocycles. The average Bonchev–Trinajstić information content (AvgIpc) is 2.97. The number of aromatic nitrogens is 1. The molecular weight excluding hydrogens is 274 g/mol. The van der Waals surface area contributed by atoms with Gasteiger partial charge in [-0.3, -0.25) is 0 Å². The maximum atomic E-state index is 4.60. The highest BCUT2D eigenvalue weighted by Gasteiger charge is 2.15. The summed E-state index contributed by atoms with van der Waals surface area (Å²) in [7, 11) is 0. The molecule has 0 aliphatic carbocycles. The first-order chi connectivity index (χ1) is 10.0. The Hall–Kier alpha value is -1.93. The lowest BCUT2D eigenvalue weighted by Gasteiger charge is -2.19. The van der Waals surface area contributed by atoms with E-state index in [1.54, 1.807) is 11.3 Å². The molecule has 0 spiro atoms. The van der Waals surface area contributed by atoms with Crippen molar-refractivity contribution in [1.29, 1.82) is 0 Å². The van der Waals surface area contributed by atoms with Crippen LogP contribution in [0.15, 0.2) is 60.8 Å². The summed E-state index contributed by atoms with van der Waals surface area (Å²) in [6.07, 6.45) is 1.97. The molecule has 106 valence electrons. The second-order valence-corrected chi connectivity index (χ2v) is 7.26. The van der Waals surface area contributed by atoms with E-state index in [0.717, 1.165) is 5.01 Å². The van der Waals surface area contributed by atoms with Crippen molar-refractivity contribution in [1.82, 2.24) is 4.98 Å². The highest BCUT2D eigenvalue weighted by Crippen LogP contribution is 2.33. The molecule has 1 heterocycles. The van der Waals surface area contributed by atoms with E-state index in [1.165, 1.54) is 21.6 Å². The number of benzene rings is 2. The first-order valence-electron chi connectivity index (χ1n) is 7.16. The molecule has 21 heavy (non-hydrogen) atoms. The fraction of sp³-hybridized carbons (Fsp3) is 0.211. The summed E-state index contributed by atoms with van der Waals surface area (Å²) in [4.78, 5) is 5.82. The molecule has 0 bridgehead atoms. The second kappa shape index (κ2) is 5.45. The van der Waals surface area contributed by atoms with Crippen molar-refractivity contribution in [3.8, 4) is 21.0 Å². The number of nitrogens with zero attached hydrogens (tertiary/aromatic N) is 1. The van der Waals surface area contributed by atoms with E-state index in [4.69, 9.17) is 0 Å². The van der Waals surface area contributed by atoms with Crippen molar-refractivity contribution in [2.75, 3.05) is 0 Å². The highest BCUT2D eigenvalue weighted by molar-refractivity contribution is 7.18. The van der Waals surface area contributed by atoms with Crippen LogP contribution in [0.25, 0.3) is 21.0 Å². The van der Waals surface area contributed by atoms with Gasteiger partial charge in [0.2, 0.25) is 0 Å². The molecule has 3 rings (SSSR count). The van der Waals surface area contributed by atoms with Crippen LogP contribution in [0.4, 0.5) is 0 Å². The first-order valence-corrected chi connectivity index (χ1v) is 7.98. The Bertz CT molecular complexity index is 736. The van der Waals surface area contributed by atoms with Gasteiger partial charge in [-0.25, -0.2) is 4.98 Å². The van der Waals surface area contributed by atoms with E-state index in [9.17, 15) is 0 Å². The van der Waals surface area contributed by atoms with Crippen molar-refractivity contribution in [2.45, 2.75) is 26.2 Å². The van der Waals surface area contributed by atoms with Gasteiger partial charge in [0.25, 0.3) is 0 Å². The zero-order chi connectivity index (χ0) is 14.9. The van der Waals surface area contributed by atoms with Crippen LogP contribution < -0.4 is 0 Å². The molecule has 0 amide bonds. The number of rotatable bonds is 2. The fourth-order valence-corrected chi connectivity index (χ4v) is 3.18. The minimum atomic E-state index is 0.162. The van der Waals surface area contributed by atoms with E-state index in [0.29, 0.717) is 0 Å².